The van der Waals surface area contributed by atoms with E-state index in [0.29, 0.717) is 17.2 Å². The number of rotatable bonds is 6. The summed E-state index contributed by atoms with van der Waals surface area (Å²) in [6, 6.07) is 10.5. The summed E-state index contributed by atoms with van der Waals surface area (Å²) in [5.74, 6) is -0.764. The van der Waals surface area contributed by atoms with E-state index < -0.39 is 31.5 Å². The molecule has 2 aromatic carbocycles. The van der Waals surface area contributed by atoms with Gasteiger partial charge in [0.25, 0.3) is 11.6 Å². The number of amidine groups is 2. The Balaban J connectivity index is 1.57. The Morgan fingerprint density at radius 3 is 2.58 bits per heavy atom. The van der Waals surface area contributed by atoms with Crippen molar-refractivity contribution >= 4 is 55.6 Å². The maximum atomic E-state index is 12.5. The lowest BCUT2D eigenvalue weighted by Gasteiger charge is -2.20. The molecule has 0 aromatic heterocycles. The van der Waals surface area contributed by atoms with Crippen LogP contribution >= 0.6 is 11.8 Å². The van der Waals surface area contributed by atoms with Gasteiger partial charge in [0.05, 0.1) is 10.5 Å². The number of nitro benzene ring substituents is 1. The third kappa shape index (κ3) is 4.40. The number of nitro groups is 1. The Hall–Kier alpha value is -3.84. The Morgan fingerprint density at radius 1 is 1.21 bits per heavy atom. The van der Waals surface area contributed by atoms with Crippen LogP contribution in [0.2, 0.25) is 0 Å². The Labute approximate surface area is 192 Å². The number of carbonyl (C=O) groups is 1. The van der Waals surface area contributed by atoms with Crippen LogP contribution in [0.1, 0.15) is 18.9 Å². The maximum absolute atomic E-state index is 12.5. The van der Waals surface area contributed by atoms with Crippen molar-refractivity contribution < 1.29 is 22.3 Å². The highest BCUT2D eigenvalue weighted by Gasteiger charge is 2.35. The van der Waals surface area contributed by atoms with Gasteiger partial charge in [-0.25, -0.2) is 0 Å². The average molecular weight is 486 g/mol. The molecule has 0 saturated heterocycles. The fourth-order valence-electron chi connectivity index (χ4n) is 2.95. The topological polar surface area (TPSA) is 155 Å². The Morgan fingerprint density at radius 2 is 1.91 bits per heavy atom. The SMILES string of the molecule is CCC1=NN2C(=N)/C(=C/c3ccc(OS(=O)(=O)c4ccccc4[N+](=O)[O-])cc3)C(=O)N=C2S1. The molecule has 0 radical (unpaired) electrons. The molecule has 0 atom stereocenters. The van der Waals surface area contributed by atoms with Gasteiger partial charge in [-0.1, -0.05) is 31.2 Å². The van der Waals surface area contributed by atoms with Crippen molar-refractivity contribution in [3.05, 3.63) is 69.8 Å². The lowest BCUT2D eigenvalue weighted by atomic mass is 10.1. The van der Waals surface area contributed by atoms with Crippen molar-refractivity contribution in [3.63, 3.8) is 0 Å². The highest BCUT2D eigenvalue weighted by atomic mass is 32.2. The number of nitrogens with one attached hydrogen (secondary N) is 1. The van der Waals surface area contributed by atoms with Crippen molar-refractivity contribution in [1.29, 1.82) is 5.41 Å². The zero-order chi connectivity index (χ0) is 23.8. The molecule has 11 nitrogen and oxygen atoms in total. The molecule has 0 bridgehead atoms. The smallest absolute Gasteiger partial charge is 0.346 e. The molecule has 0 saturated carbocycles. The summed E-state index contributed by atoms with van der Waals surface area (Å²) in [6.45, 7) is 1.91. The monoisotopic (exact) mass is 485 g/mol. The summed E-state index contributed by atoms with van der Waals surface area (Å²) in [5.41, 5.74) is -0.0764. The number of hydrazone groups is 1. The largest absolute Gasteiger partial charge is 0.379 e. The molecule has 2 aliphatic heterocycles. The van der Waals surface area contributed by atoms with E-state index in [-0.39, 0.29) is 17.2 Å². The van der Waals surface area contributed by atoms with Crippen molar-refractivity contribution in [2.75, 3.05) is 0 Å². The summed E-state index contributed by atoms with van der Waals surface area (Å²) in [5, 5.41) is 26.1. The van der Waals surface area contributed by atoms with Crippen LogP contribution in [0.4, 0.5) is 5.69 Å². The number of amides is 1. The minimum absolute atomic E-state index is 0.0293. The van der Waals surface area contributed by atoms with Gasteiger partial charge in [0.1, 0.15) is 10.8 Å². The van der Waals surface area contributed by atoms with Gasteiger partial charge >= 0.3 is 10.1 Å². The van der Waals surface area contributed by atoms with Crippen LogP contribution in [0.25, 0.3) is 6.08 Å². The minimum Gasteiger partial charge on any atom is -0.379 e. The molecule has 168 valence electrons. The van der Waals surface area contributed by atoms with Crippen LogP contribution in [-0.2, 0) is 14.9 Å². The van der Waals surface area contributed by atoms with E-state index in [2.05, 4.69) is 10.1 Å². The first-order valence-electron chi connectivity index (χ1n) is 9.46. The summed E-state index contributed by atoms with van der Waals surface area (Å²) < 4.78 is 30.1. The van der Waals surface area contributed by atoms with Gasteiger partial charge in [0.2, 0.25) is 5.17 Å². The molecule has 4 rings (SSSR count). The van der Waals surface area contributed by atoms with Gasteiger partial charge in [-0.05, 0) is 48.0 Å². The van der Waals surface area contributed by atoms with Crippen molar-refractivity contribution in [2.45, 2.75) is 18.2 Å². The van der Waals surface area contributed by atoms with Gasteiger partial charge in [-0.15, -0.1) is 0 Å². The molecule has 13 heteroatoms. The molecular formula is C20H15N5O6S2. The number of aliphatic imine (C=N–C) groups is 1. The molecular weight excluding hydrogens is 470 g/mol. The van der Waals surface area contributed by atoms with E-state index in [1.54, 1.807) is 0 Å². The molecule has 2 heterocycles. The first-order valence-corrected chi connectivity index (χ1v) is 11.7. The van der Waals surface area contributed by atoms with Crippen molar-refractivity contribution in [2.24, 2.45) is 10.1 Å². The second-order valence-electron chi connectivity index (χ2n) is 6.70. The predicted octanol–water partition coefficient (Wildman–Crippen LogP) is 3.39. The molecule has 33 heavy (non-hydrogen) atoms. The van der Waals surface area contributed by atoms with Crippen molar-refractivity contribution in [3.8, 4) is 5.75 Å². The van der Waals surface area contributed by atoms with E-state index in [9.17, 15) is 23.3 Å². The quantitative estimate of drug-likeness (QED) is 0.282. The predicted molar refractivity (Wildman–Crippen MR) is 123 cm³/mol. The average Bonchev–Trinajstić information content (AvgIpc) is 3.21. The second-order valence-corrected chi connectivity index (χ2v) is 9.25. The van der Waals surface area contributed by atoms with Gasteiger partial charge in [0, 0.05) is 6.07 Å². The van der Waals surface area contributed by atoms with Gasteiger partial charge in [0.15, 0.2) is 10.7 Å². The van der Waals surface area contributed by atoms with Crippen LogP contribution in [-0.4, -0.2) is 40.3 Å². The van der Waals surface area contributed by atoms with Gasteiger partial charge < -0.3 is 4.18 Å². The summed E-state index contributed by atoms with van der Waals surface area (Å²) in [6.07, 6.45) is 2.09. The molecule has 1 amide bonds. The number of para-hydroxylation sites is 1. The van der Waals surface area contributed by atoms with Gasteiger partial charge in [-0.2, -0.15) is 23.5 Å². The lowest BCUT2D eigenvalue weighted by molar-refractivity contribution is -0.387. The zero-order valence-corrected chi connectivity index (χ0v) is 18.6. The Bertz CT molecular complexity index is 1380. The summed E-state index contributed by atoms with van der Waals surface area (Å²) in [7, 11) is -4.45. The first kappa shape index (κ1) is 22.4. The third-order valence-electron chi connectivity index (χ3n) is 4.53. The fourth-order valence-corrected chi connectivity index (χ4v) is 4.87. The van der Waals surface area contributed by atoms with E-state index in [1.165, 1.54) is 59.2 Å². The first-order chi connectivity index (χ1) is 15.7. The lowest BCUT2D eigenvalue weighted by Crippen LogP contribution is -2.35. The van der Waals surface area contributed by atoms with E-state index in [4.69, 9.17) is 9.59 Å². The van der Waals surface area contributed by atoms with E-state index in [0.717, 1.165) is 17.2 Å². The standard InChI is InChI=1S/C20H15N5O6S2/c1-2-17-23-24-18(21)14(19(26)22-20(24)32-17)11-12-7-9-13(10-8-12)31-33(29,30)16-6-4-3-5-15(16)25(27)28/h3-11,21H,2H2,1H3/b14-11-,21-18?. The van der Waals surface area contributed by atoms with Crippen LogP contribution in [0.3, 0.4) is 0 Å². The van der Waals surface area contributed by atoms with Crippen LogP contribution in [0.5, 0.6) is 5.75 Å². The number of hydrogen-bond donors (Lipinski definition) is 1. The zero-order valence-electron chi connectivity index (χ0n) is 17.0. The molecule has 0 fully saturated rings. The third-order valence-corrected chi connectivity index (χ3v) is 6.88. The Kier molecular flexibility index (Phi) is 5.82. The summed E-state index contributed by atoms with van der Waals surface area (Å²) >= 11 is 1.24. The number of fused-ring (bicyclic) bond motifs is 1. The minimum atomic E-state index is -4.45. The fraction of sp³-hybridized carbons (Fsp3) is 0.100. The molecule has 0 aliphatic carbocycles. The number of hydrogen-bond acceptors (Lipinski definition) is 9. The normalized spacial score (nSPS) is 17.0. The van der Waals surface area contributed by atoms with Gasteiger partial charge in [-0.3, -0.25) is 20.3 Å². The molecule has 0 spiro atoms. The molecule has 2 aliphatic rings. The van der Waals surface area contributed by atoms with E-state index >= 15 is 0 Å². The molecule has 2 aromatic rings. The van der Waals surface area contributed by atoms with Crippen LogP contribution in [0.15, 0.2) is 69.1 Å². The van der Waals surface area contributed by atoms with Crippen molar-refractivity contribution in [1.82, 2.24) is 5.01 Å². The molecule has 0 unspecified atom stereocenters. The van der Waals surface area contributed by atoms with E-state index in [1.807, 2.05) is 6.92 Å². The molecule has 1 N–H and O–H groups in total. The number of carbonyl (C=O) groups excluding carboxylic acids is 1. The van der Waals surface area contributed by atoms with Crippen LogP contribution < -0.4 is 4.18 Å². The number of thioether (sulfide) groups is 1. The number of nitrogens with zero attached hydrogens (tertiary/aromatic N) is 4. The highest BCUT2D eigenvalue weighted by molar-refractivity contribution is 8.26. The van der Waals surface area contributed by atoms with Crippen LogP contribution in [0, 0.1) is 15.5 Å². The highest BCUT2D eigenvalue weighted by Crippen LogP contribution is 2.30. The number of benzene rings is 2. The maximum Gasteiger partial charge on any atom is 0.346 e. The second kappa shape index (κ2) is 8.60. The summed E-state index contributed by atoms with van der Waals surface area (Å²) in [4.78, 5) is 26.1.